The van der Waals surface area contributed by atoms with Crippen LogP contribution in [0.3, 0.4) is 0 Å². The molecule has 0 unspecified atom stereocenters. The van der Waals surface area contributed by atoms with E-state index in [4.69, 9.17) is 4.74 Å². The van der Waals surface area contributed by atoms with E-state index in [1.807, 2.05) is 18.2 Å². The first-order valence-corrected chi connectivity index (χ1v) is 5.45. The second-order valence-electron chi connectivity index (χ2n) is 3.77. The Labute approximate surface area is 92.0 Å². The molecule has 0 amide bonds. The third kappa shape index (κ3) is 1.85. The lowest BCUT2D eigenvalue weighted by Crippen LogP contribution is -2.08. The number of hydrogen-bond donors (Lipinski definition) is 1. The Kier molecular flexibility index (Phi) is 2.64. The van der Waals surface area contributed by atoms with E-state index in [9.17, 15) is 5.11 Å². The highest BCUT2D eigenvalue weighted by molar-refractivity contribution is 9.10. The summed E-state index contributed by atoms with van der Waals surface area (Å²) in [4.78, 5) is 0. The number of ether oxygens (including phenoxy) is 1. The molecule has 0 heterocycles. The minimum atomic E-state index is -0.575. The second kappa shape index (κ2) is 3.65. The van der Waals surface area contributed by atoms with Crippen molar-refractivity contribution in [2.45, 2.75) is 25.0 Å². The molecule has 2 nitrogen and oxygen atoms in total. The highest BCUT2D eigenvalue weighted by Crippen LogP contribution is 2.47. The lowest BCUT2D eigenvalue weighted by Gasteiger charge is -2.14. The highest BCUT2D eigenvalue weighted by atomic mass is 79.9. The SMILES string of the molecule is COCc1cc(Br)ccc1C1(O)CC1. The molecule has 0 aromatic heterocycles. The van der Waals surface area contributed by atoms with Crippen LogP contribution in [0, 0.1) is 0 Å². The standard InChI is InChI=1S/C11H13BrO2/c1-14-7-8-6-9(12)2-3-10(8)11(13)4-5-11/h2-3,6,13H,4-5,7H2,1H3. The van der Waals surface area contributed by atoms with E-state index >= 15 is 0 Å². The molecule has 76 valence electrons. The van der Waals surface area contributed by atoms with Gasteiger partial charge in [0.1, 0.15) is 0 Å². The third-order valence-corrected chi connectivity index (χ3v) is 3.09. The predicted octanol–water partition coefficient (Wildman–Crippen LogP) is 2.58. The van der Waals surface area contributed by atoms with Crippen LogP contribution in [-0.2, 0) is 16.9 Å². The van der Waals surface area contributed by atoms with Crippen LogP contribution in [-0.4, -0.2) is 12.2 Å². The lowest BCUT2D eigenvalue weighted by atomic mass is 10.0. The molecule has 0 radical (unpaired) electrons. The third-order valence-electron chi connectivity index (χ3n) is 2.59. The molecule has 1 fully saturated rings. The van der Waals surface area contributed by atoms with E-state index in [0.29, 0.717) is 6.61 Å². The molecule has 1 aliphatic carbocycles. The zero-order valence-electron chi connectivity index (χ0n) is 8.09. The fraction of sp³-hybridized carbons (Fsp3) is 0.455. The number of rotatable bonds is 3. The van der Waals surface area contributed by atoms with Crippen LogP contribution in [0.15, 0.2) is 22.7 Å². The molecule has 0 saturated heterocycles. The zero-order valence-corrected chi connectivity index (χ0v) is 9.67. The van der Waals surface area contributed by atoms with Gasteiger partial charge in [0, 0.05) is 11.6 Å². The fourth-order valence-corrected chi connectivity index (χ4v) is 2.09. The van der Waals surface area contributed by atoms with Gasteiger partial charge in [0.15, 0.2) is 0 Å². The minimum absolute atomic E-state index is 0.553. The normalized spacial score (nSPS) is 18.2. The number of methoxy groups -OCH3 is 1. The van der Waals surface area contributed by atoms with Crippen LogP contribution in [0.25, 0.3) is 0 Å². The molecule has 1 saturated carbocycles. The van der Waals surface area contributed by atoms with Crippen molar-refractivity contribution in [2.24, 2.45) is 0 Å². The van der Waals surface area contributed by atoms with Gasteiger partial charge in [-0.15, -0.1) is 0 Å². The van der Waals surface area contributed by atoms with Gasteiger partial charge in [0.2, 0.25) is 0 Å². The minimum Gasteiger partial charge on any atom is -0.385 e. The Hall–Kier alpha value is -0.380. The Balaban J connectivity index is 2.37. The van der Waals surface area contributed by atoms with Gasteiger partial charge in [-0.2, -0.15) is 0 Å². The summed E-state index contributed by atoms with van der Waals surface area (Å²) in [7, 11) is 1.67. The van der Waals surface area contributed by atoms with Gasteiger partial charge < -0.3 is 9.84 Å². The molecule has 0 aliphatic heterocycles. The van der Waals surface area contributed by atoms with Gasteiger partial charge in [-0.3, -0.25) is 0 Å². The van der Waals surface area contributed by atoms with Gasteiger partial charge >= 0.3 is 0 Å². The number of halogens is 1. The summed E-state index contributed by atoms with van der Waals surface area (Å²) >= 11 is 3.42. The molecule has 0 spiro atoms. The quantitative estimate of drug-likeness (QED) is 0.901. The van der Waals surface area contributed by atoms with Crippen LogP contribution >= 0.6 is 15.9 Å². The van der Waals surface area contributed by atoms with Crippen molar-refractivity contribution in [3.63, 3.8) is 0 Å². The highest BCUT2D eigenvalue weighted by Gasteiger charge is 2.43. The molecule has 0 atom stereocenters. The Bertz CT molecular complexity index is 345. The summed E-state index contributed by atoms with van der Waals surface area (Å²) in [6.07, 6.45) is 1.73. The molecule has 1 aliphatic rings. The largest absolute Gasteiger partial charge is 0.385 e. The molecule has 2 rings (SSSR count). The van der Waals surface area contributed by atoms with E-state index in [2.05, 4.69) is 15.9 Å². The topological polar surface area (TPSA) is 29.5 Å². The van der Waals surface area contributed by atoms with E-state index in [1.54, 1.807) is 7.11 Å². The molecular formula is C11H13BrO2. The summed E-state index contributed by atoms with van der Waals surface area (Å²) in [6.45, 7) is 0.553. The van der Waals surface area contributed by atoms with Gasteiger partial charge in [0.05, 0.1) is 12.2 Å². The van der Waals surface area contributed by atoms with Crippen LogP contribution < -0.4 is 0 Å². The average molecular weight is 257 g/mol. The monoisotopic (exact) mass is 256 g/mol. The first-order valence-electron chi connectivity index (χ1n) is 4.66. The van der Waals surface area contributed by atoms with E-state index < -0.39 is 5.60 Å². The smallest absolute Gasteiger partial charge is 0.0902 e. The molecular weight excluding hydrogens is 244 g/mol. The Morgan fingerprint density at radius 2 is 2.21 bits per heavy atom. The van der Waals surface area contributed by atoms with Crippen molar-refractivity contribution in [1.82, 2.24) is 0 Å². The van der Waals surface area contributed by atoms with Crippen molar-refractivity contribution in [3.8, 4) is 0 Å². The van der Waals surface area contributed by atoms with Gasteiger partial charge in [-0.05, 0) is 36.1 Å². The first kappa shape index (κ1) is 10.1. The van der Waals surface area contributed by atoms with Crippen molar-refractivity contribution in [1.29, 1.82) is 0 Å². The zero-order chi connectivity index (χ0) is 10.2. The molecule has 1 aromatic rings. The molecule has 3 heteroatoms. The van der Waals surface area contributed by atoms with Crippen LogP contribution in [0.5, 0.6) is 0 Å². The van der Waals surface area contributed by atoms with Crippen molar-refractivity contribution >= 4 is 15.9 Å². The van der Waals surface area contributed by atoms with E-state index in [-0.39, 0.29) is 0 Å². The van der Waals surface area contributed by atoms with Crippen molar-refractivity contribution in [2.75, 3.05) is 7.11 Å². The molecule has 0 bridgehead atoms. The van der Waals surface area contributed by atoms with Gasteiger partial charge in [0.25, 0.3) is 0 Å². The van der Waals surface area contributed by atoms with Crippen LogP contribution in [0.1, 0.15) is 24.0 Å². The van der Waals surface area contributed by atoms with Gasteiger partial charge in [-0.1, -0.05) is 22.0 Å². The summed E-state index contributed by atoms with van der Waals surface area (Å²) < 4.78 is 6.14. The summed E-state index contributed by atoms with van der Waals surface area (Å²) in [6, 6.07) is 5.95. The summed E-state index contributed by atoms with van der Waals surface area (Å²) in [5.74, 6) is 0. The Morgan fingerprint density at radius 3 is 2.79 bits per heavy atom. The van der Waals surface area contributed by atoms with Crippen molar-refractivity contribution in [3.05, 3.63) is 33.8 Å². The van der Waals surface area contributed by atoms with E-state index in [1.165, 1.54) is 0 Å². The van der Waals surface area contributed by atoms with Gasteiger partial charge in [-0.25, -0.2) is 0 Å². The molecule has 14 heavy (non-hydrogen) atoms. The average Bonchev–Trinajstić information content (AvgIpc) is 2.85. The first-order chi connectivity index (χ1) is 6.65. The van der Waals surface area contributed by atoms with Crippen LogP contribution in [0.4, 0.5) is 0 Å². The number of benzene rings is 1. The maximum absolute atomic E-state index is 10.0. The number of aliphatic hydroxyl groups is 1. The van der Waals surface area contributed by atoms with Crippen LogP contribution in [0.2, 0.25) is 0 Å². The fourth-order valence-electron chi connectivity index (χ4n) is 1.68. The number of hydrogen-bond acceptors (Lipinski definition) is 2. The lowest BCUT2D eigenvalue weighted by molar-refractivity contribution is 0.141. The van der Waals surface area contributed by atoms with E-state index in [0.717, 1.165) is 28.4 Å². The Morgan fingerprint density at radius 1 is 1.50 bits per heavy atom. The second-order valence-corrected chi connectivity index (χ2v) is 4.68. The maximum Gasteiger partial charge on any atom is 0.0902 e. The summed E-state index contributed by atoms with van der Waals surface area (Å²) in [5, 5.41) is 10.0. The predicted molar refractivity (Wildman–Crippen MR) is 58.0 cm³/mol. The maximum atomic E-state index is 10.0. The molecule has 1 N–H and O–H groups in total. The van der Waals surface area contributed by atoms with Crippen molar-refractivity contribution < 1.29 is 9.84 Å². The summed E-state index contributed by atoms with van der Waals surface area (Å²) in [5.41, 5.74) is 1.51. The molecule has 1 aromatic carbocycles.